The predicted molar refractivity (Wildman–Crippen MR) is 122 cm³/mol. The van der Waals surface area contributed by atoms with Gasteiger partial charge in [0, 0.05) is 26.4 Å². The van der Waals surface area contributed by atoms with Crippen LogP contribution in [-0.4, -0.2) is 57.3 Å². The average Bonchev–Trinajstić information content (AvgIpc) is 2.70. The Balaban J connectivity index is 1.99. The van der Waals surface area contributed by atoms with E-state index in [1.807, 2.05) is 27.7 Å². The van der Waals surface area contributed by atoms with Crippen molar-refractivity contribution >= 4 is 29.4 Å². The van der Waals surface area contributed by atoms with Crippen LogP contribution in [0.2, 0.25) is 0 Å². The Kier molecular flexibility index (Phi) is 10.7. The number of hydrogen-bond donors (Lipinski definition) is 0. The third-order valence-corrected chi connectivity index (χ3v) is 7.95. The summed E-state index contributed by atoms with van der Waals surface area (Å²) < 4.78 is 22.8. The number of benzene rings is 2. The second-order valence-corrected chi connectivity index (χ2v) is 10.3. The highest BCUT2D eigenvalue weighted by atomic mass is 28.2. The number of ether oxygens (including phenoxy) is 4. The number of hydrogen-bond acceptors (Lipinski definition) is 4. The Morgan fingerprint density at radius 1 is 0.536 bits per heavy atom. The first kappa shape index (κ1) is 23.0. The van der Waals surface area contributed by atoms with Gasteiger partial charge in [0.25, 0.3) is 0 Å². The van der Waals surface area contributed by atoms with E-state index >= 15 is 0 Å². The summed E-state index contributed by atoms with van der Waals surface area (Å²) in [5.41, 5.74) is 2.48. The van der Waals surface area contributed by atoms with E-state index in [4.69, 9.17) is 18.9 Å². The fraction of sp³-hybridized carbons (Fsp3) is 0.455. The normalized spacial score (nSPS) is 12.4. The average molecular weight is 419 g/mol. The summed E-state index contributed by atoms with van der Waals surface area (Å²) in [6.45, 7) is 10.8. The zero-order valence-electron chi connectivity index (χ0n) is 17.6. The molecule has 0 unspecified atom stereocenters. The van der Waals surface area contributed by atoms with Gasteiger partial charge >= 0.3 is 0 Å². The van der Waals surface area contributed by atoms with Crippen LogP contribution in [0, 0.1) is 0 Å². The highest BCUT2D eigenvalue weighted by molar-refractivity contribution is 6.54. The molecule has 2 aromatic carbocycles. The van der Waals surface area contributed by atoms with E-state index in [0.29, 0.717) is 26.4 Å². The van der Waals surface area contributed by atoms with Crippen molar-refractivity contribution in [3.63, 3.8) is 0 Å². The molecule has 28 heavy (non-hydrogen) atoms. The molecule has 0 radical (unpaired) electrons. The van der Waals surface area contributed by atoms with Crippen LogP contribution in [0.15, 0.2) is 48.5 Å². The first-order valence-electron chi connectivity index (χ1n) is 10.3. The molecular weight excluding hydrogens is 384 g/mol. The fourth-order valence-corrected chi connectivity index (χ4v) is 6.33. The monoisotopic (exact) mass is 418 g/mol. The van der Waals surface area contributed by atoms with Gasteiger partial charge in [0.2, 0.25) is 0 Å². The van der Waals surface area contributed by atoms with Crippen molar-refractivity contribution in [2.24, 2.45) is 0 Å². The second-order valence-electron chi connectivity index (χ2n) is 6.48. The Morgan fingerprint density at radius 3 is 1.07 bits per heavy atom. The summed E-state index contributed by atoms with van der Waals surface area (Å²) >= 11 is 0. The standard InChI is InChI=1S/C22H34O4Si2/c1-5-23-21(24-6-2)27-19-13-9-17(10-14-19)18-11-15-20(16-12-18)28-22(25-7-3)26-8-4/h9-16,21-22H,5-8,27-28H2,1-4H3. The first-order chi connectivity index (χ1) is 13.7. The molecule has 0 heterocycles. The predicted octanol–water partition coefficient (Wildman–Crippen LogP) is 1.65. The van der Waals surface area contributed by atoms with Gasteiger partial charge in [-0.2, -0.15) is 0 Å². The molecule has 0 fully saturated rings. The van der Waals surface area contributed by atoms with Crippen LogP contribution in [0.5, 0.6) is 0 Å². The fourth-order valence-electron chi connectivity index (χ4n) is 3.13. The van der Waals surface area contributed by atoms with Crippen LogP contribution in [0.3, 0.4) is 0 Å². The molecule has 0 saturated heterocycles. The molecule has 6 heteroatoms. The van der Waals surface area contributed by atoms with Crippen molar-refractivity contribution < 1.29 is 18.9 Å². The van der Waals surface area contributed by atoms with Gasteiger partial charge < -0.3 is 18.9 Å². The highest BCUT2D eigenvalue weighted by Gasteiger charge is 2.11. The van der Waals surface area contributed by atoms with Crippen molar-refractivity contribution in [3.8, 4) is 11.1 Å². The molecule has 4 nitrogen and oxygen atoms in total. The second kappa shape index (κ2) is 13.0. The van der Waals surface area contributed by atoms with Gasteiger partial charge in [0.05, 0.1) is 0 Å². The van der Waals surface area contributed by atoms with Gasteiger partial charge in [-0.1, -0.05) is 58.9 Å². The molecule has 0 saturated carbocycles. The minimum absolute atomic E-state index is 0.0336. The zero-order valence-corrected chi connectivity index (χ0v) is 20.5. The quantitative estimate of drug-likeness (QED) is 0.366. The minimum atomic E-state index is -0.612. The SMILES string of the molecule is CCOC(OCC)[SiH2]c1ccc(-c2ccc([SiH2]C(OCC)OCC)cc2)cc1. The molecular formula is C22H34O4Si2. The van der Waals surface area contributed by atoms with E-state index in [2.05, 4.69) is 48.5 Å². The van der Waals surface area contributed by atoms with E-state index in [0.717, 1.165) is 0 Å². The van der Waals surface area contributed by atoms with Crippen molar-refractivity contribution in [2.75, 3.05) is 26.4 Å². The Morgan fingerprint density at radius 2 is 0.821 bits per heavy atom. The smallest absolute Gasteiger partial charge is 0.139 e. The van der Waals surface area contributed by atoms with Crippen molar-refractivity contribution in [1.82, 2.24) is 0 Å². The Bertz CT molecular complexity index is 590. The lowest BCUT2D eigenvalue weighted by Crippen LogP contribution is -2.33. The molecule has 2 aromatic rings. The summed E-state index contributed by atoms with van der Waals surface area (Å²) in [4.78, 5) is 0. The molecule has 2 rings (SSSR count). The van der Waals surface area contributed by atoms with Gasteiger partial charge in [-0.25, -0.2) is 0 Å². The third-order valence-electron chi connectivity index (χ3n) is 4.46. The molecule has 0 aliphatic rings. The maximum absolute atomic E-state index is 5.70. The summed E-state index contributed by atoms with van der Waals surface area (Å²) in [5.74, 6) is -0.0672. The molecule has 0 N–H and O–H groups in total. The summed E-state index contributed by atoms with van der Waals surface area (Å²) in [5, 5.41) is 2.71. The Labute approximate surface area is 174 Å². The van der Waals surface area contributed by atoms with E-state index in [1.165, 1.54) is 21.5 Å². The molecule has 0 bridgehead atoms. The van der Waals surface area contributed by atoms with Crippen LogP contribution in [0.1, 0.15) is 27.7 Å². The Hall–Kier alpha value is -1.29. The third kappa shape index (κ3) is 7.62. The van der Waals surface area contributed by atoms with Crippen LogP contribution in [0.4, 0.5) is 0 Å². The maximum Gasteiger partial charge on any atom is 0.139 e. The lowest BCUT2D eigenvalue weighted by atomic mass is 10.1. The van der Waals surface area contributed by atoms with Crippen LogP contribution < -0.4 is 10.4 Å². The van der Waals surface area contributed by atoms with Gasteiger partial charge in [-0.3, -0.25) is 0 Å². The van der Waals surface area contributed by atoms with Crippen molar-refractivity contribution in [1.29, 1.82) is 0 Å². The van der Waals surface area contributed by atoms with Gasteiger partial charge in [0.15, 0.2) is 0 Å². The van der Waals surface area contributed by atoms with E-state index in [9.17, 15) is 0 Å². The molecule has 0 aliphatic heterocycles. The molecule has 0 aromatic heterocycles. The topological polar surface area (TPSA) is 36.9 Å². The van der Waals surface area contributed by atoms with Crippen LogP contribution >= 0.6 is 0 Å². The van der Waals surface area contributed by atoms with Crippen molar-refractivity contribution in [3.05, 3.63) is 48.5 Å². The van der Waals surface area contributed by atoms with E-state index in [1.54, 1.807) is 0 Å². The van der Waals surface area contributed by atoms with E-state index < -0.39 is 19.0 Å². The van der Waals surface area contributed by atoms with Crippen LogP contribution in [-0.2, 0) is 18.9 Å². The minimum Gasteiger partial charge on any atom is -0.357 e. The molecule has 0 atom stereocenters. The summed E-state index contributed by atoms with van der Waals surface area (Å²) in [7, 11) is -1.22. The summed E-state index contributed by atoms with van der Waals surface area (Å²) in [6, 6.07) is 17.7. The highest BCUT2D eigenvalue weighted by Crippen LogP contribution is 2.17. The van der Waals surface area contributed by atoms with Gasteiger partial charge in [-0.15, -0.1) is 0 Å². The molecule has 0 spiro atoms. The zero-order chi connectivity index (χ0) is 20.2. The molecule has 0 amide bonds. The molecule has 0 aliphatic carbocycles. The summed E-state index contributed by atoms with van der Waals surface area (Å²) in [6.07, 6.45) is 0. The lowest BCUT2D eigenvalue weighted by Gasteiger charge is -2.17. The van der Waals surface area contributed by atoms with Gasteiger partial charge in [0.1, 0.15) is 30.9 Å². The van der Waals surface area contributed by atoms with Gasteiger partial charge in [-0.05, 0) is 38.8 Å². The maximum atomic E-state index is 5.70. The molecule has 154 valence electrons. The van der Waals surface area contributed by atoms with Crippen molar-refractivity contribution in [2.45, 2.75) is 39.5 Å². The number of rotatable bonds is 13. The van der Waals surface area contributed by atoms with E-state index in [-0.39, 0.29) is 11.8 Å². The lowest BCUT2D eigenvalue weighted by molar-refractivity contribution is -0.0819. The first-order valence-corrected chi connectivity index (χ1v) is 13.4. The van der Waals surface area contributed by atoms with Crippen LogP contribution in [0.25, 0.3) is 11.1 Å². The largest absolute Gasteiger partial charge is 0.357 e.